The first-order chi connectivity index (χ1) is 18.5. The van der Waals surface area contributed by atoms with E-state index >= 15 is 0 Å². The summed E-state index contributed by atoms with van der Waals surface area (Å²) in [6.07, 6.45) is 4.93. The fourth-order valence-corrected chi connectivity index (χ4v) is 5.70. The summed E-state index contributed by atoms with van der Waals surface area (Å²) in [6, 6.07) is 14.7. The lowest BCUT2D eigenvalue weighted by molar-refractivity contribution is -0.137. The number of aromatic nitrogens is 3. The number of rotatable bonds is 6. The molecule has 1 saturated carbocycles. The van der Waals surface area contributed by atoms with Gasteiger partial charge in [0.1, 0.15) is 11.7 Å². The molecule has 0 radical (unpaired) electrons. The van der Waals surface area contributed by atoms with Crippen LogP contribution in [0.5, 0.6) is 0 Å². The Morgan fingerprint density at radius 1 is 1.00 bits per heavy atom. The SMILES string of the molecule is Cc1cc(C(=O)N2[C@H](C(=O)N3CCN(CC(=O)Nc4cccnc4)CC3)C[C@H]3C[C@@H]32)n(-c2ccccc2)n1. The number of benzene rings is 1. The molecule has 1 aromatic carbocycles. The number of carbonyl (C=O) groups excluding carboxylic acids is 3. The van der Waals surface area contributed by atoms with Crippen molar-refractivity contribution in [3.05, 3.63) is 72.3 Å². The highest BCUT2D eigenvalue weighted by molar-refractivity contribution is 5.98. The van der Waals surface area contributed by atoms with E-state index in [9.17, 15) is 14.4 Å². The predicted molar refractivity (Wildman–Crippen MR) is 141 cm³/mol. The fraction of sp³-hybridized carbons (Fsp3) is 0.393. The number of nitrogens with one attached hydrogen (secondary N) is 1. The number of nitrogens with zero attached hydrogens (tertiary/aromatic N) is 6. The van der Waals surface area contributed by atoms with Crippen molar-refractivity contribution < 1.29 is 14.4 Å². The third-order valence-electron chi connectivity index (χ3n) is 7.67. The Morgan fingerprint density at radius 3 is 2.53 bits per heavy atom. The van der Waals surface area contributed by atoms with E-state index in [0.29, 0.717) is 49.9 Å². The Kier molecular flexibility index (Phi) is 6.40. The number of piperidine rings is 1. The molecule has 2 saturated heterocycles. The maximum atomic E-state index is 13.8. The van der Waals surface area contributed by atoms with Crippen LogP contribution in [0.15, 0.2) is 60.9 Å². The molecular formula is C28H31N7O3. The molecule has 1 aliphatic carbocycles. The minimum atomic E-state index is -0.453. The second-order valence-electron chi connectivity index (χ2n) is 10.3. The van der Waals surface area contributed by atoms with Crippen molar-refractivity contribution in [1.29, 1.82) is 0 Å². The summed E-state index contributed by atoms with van der Waals surface area (Å²) in [5.41, 5.74) is 2.74. The molecule has 3 fully saturated rings. The average Bonchev–Trinajstić information content (AvgIpc) is 3.42. The van der Waals surface area contributed by atoms with Crippen molar-refractivity contribution in [3.8, 4) is 5.69 Å². The Labute approximate surface area is 221 Å². The van der Waals surface area contributed by atoms with Crippen LogP contribution in [0.4, 0.5) is 5.69 Å². The van der Waals surface area contributed by atoms with Crippen LogP contribution in [-0.2, 0) is 9.59 Å². The summed E-state index contributed by atoms with van der Waals surface area (Å²) in [7, 11) is 0. The van der Waals surface area contributed by atoms with Crippen LogP contribution in [-0.4, -0.2) is 92.0 Å². The molecule has 3 aromatic rings. The second kappa shape index (κ2) is 10.0. The van der Waals surface area contributed by atoms with Gasteiger partial charge in [-0.3, -0.25) is 24.3 Å². The topological polar surface area (TPSA) is 104 Å². The second-order valence-corrected chi connectivity index (χ2v) is 10.3. The van der Waals surface area contributed by atoms with Crippen molar-refractivity contribution in [2.75, 3.05) is 38.0 Å². The van der Waals surface area contributed by atoms with Gasteiger partial charge in [-0.15, -0.1) is 0 Å². The summed E-state index contributed by atoms with van der Waals surface area (Å²) in [4.78, 5) is 49.6. The molecule has 0 bridgehead atoms. The summed E-state index contributed by atoms with van der Waals surface area (Å²) < 4.78 is 1.68. The molecule has 6 rings (SSSR count). The number of pyridine rings is 1. The highest BCUT2D eigenvalue weighted by Gasteiger charge is 2.57. The monoisotopic (exact) mass is 513 g/mol. The van der Waals surface area contributed by atoms with Crippen LogP contribution in [0.2, 0.25) is 0 Å². The number of anilines is 1. The number of aryl methyl sites for hydroxylation is 1. The van der Waals surface area contributed by atoms with Gasteiger partial charge in [-0.2, -0.15) is 5.10 Å². The third-order valence-corrected chi connectivity index (χ3v) is 7.67. The van der Waals surface area contributed by atoms with Crippen LogP contribution in [0, 0.1) is 12.8 Å². The molecule has 2 aliphatic heterocycles. The van der Waals surface area contributed by atoms with Gasteiger partial charge in [0.05, 0.1) is 29.8 Å². The van der Waals surface area contributed by atoms with Gasteiger partial charge in [0.2, 0.25) is 11.8 Å². The zero-order valence-corrected chi connectivity index (χ0v) is 21.4. The molecule has 38 heavy (non-hydrogen) atoms. The van der Waals surface area contributed by atoms with Crippen molar-refractivity contribution >= 4 is 23.4 Å². The Balaban J connectivity index is 1.10. The quantitative estimate of drug-likeness (QED) is 0.541. The largest absolute Gasteiger partial charge is 0.338 e. The summed E-state index contributed by atoms with van der Waals surface area (Å²) in [5, 5.41) is 7.42. The third kappa shape index (κ3) is 4.79. The van der Waals surface area contributed by atoms with Gasteiger partial charge in [0.25, 0.3) is 5.91 Å². The summed E-state index contributed by atoms with van der Waals surface area (Å²) in [5.74, 6) is 0.159. The van der Waals surface area contributed by atoms with E-state index in [2.05, 4.69) is 15.4 Å². The first-order valence-electron chi connectivity index (χ1n) is 13.1. The number of para-hydroxylation sites is 1. The Bertz CT molecular complexity index is 1330. The van der Waals surface area contributed by atoms with Gasteiger partial charge in [0, 0.05) is 38.4 Å². The number of hydrogen-bond donors (Lipinski definition) is 1. The number of hydrogen-bond acceptors (Lipinski definition) is 6. The maximum absolute atomic E-state index is 13.8. The molecule has 3 atom stereocenters. The van der Waals surface area contributed by atoms with Crippen molar-refractivity contribution in [2.24, 2.45) is 5.92 Å². The normalized spacial score (nSPS) is 22.7. The van der Waals surface area contributed by atoms with Crippen molar-refractivity contribution in [2.45, 2.75) is 31.8 Å². The number of likely N-dealkylation sites (tertiary alicyclic amines) is 1. The zero-order valence-electron chi connectivity index (χ0n) is 21.4. The van der Waals surface area contributed by atoms with Crippen LogP contribution in [0.25, 0.3) is 5.69 Å². The number of amides is 3. The molecule has 1 N–H and O–H groups in total. The zero-order chi connectivity index (χ0) is 26.2. The van der Waals surface area contributed by atoms with Crippen molar-refractivity contribution in [1.82, 2.24) is 29.5 Å². The highest BCUT2D eigenvalue weighted by Crippen LogP contribution is 2.49. The number of fused-ring (bicyclic) bond motifs is 1. The minimum Gasteiger partial charge on any atom is -0.338 e. The van der Waals surface area contributed by atoms with E-state index < -0.39 is 6.04 Å². The van der Waals surface area contributed by atoms with Gasteiger partial charge in [-0.05, 0) is 56.0 Å². The van der Waals surface area contributed by atoms with Gasteiger partial charge >= 0.3 is 0 Å². The van der Waals surface area contributed by atoms with E-state index in [1.165, 1.54) is 0 Å². The van der Waals surface area contributed by atoms with Crippen LogP contribution >= 0.6 is 0 Å². The van der Waals surface area contributed by atoms with Gasteiger partial charge in [-0.1, -0.05) is 18.2 Å². The van der Waals surface area contributed by atoms with Crippen LogP contribution < -0.4 is 5.32 Å². The lowest BCUT2D eigenvalue weighted by Crippen LogP contribution is -2.56. The number of piperazine rings is 1. The maximum Gasteiger partial charge on any atom is 0.273 e. The minimum absolute atomic E-state index is 0.00695. The highest BCUT2D eigenvalue weighted by atomic mass is 16.2. The molecule has 0 spiro atoms. The summed E-state index contributed by atoms with van der Waals surface area (Å²) in [6.45, 7) is 4.43. The van der Waals surface area contributed by atoms with Gasteiger partial charge in [0.15, 0.2) is 0 Å². The molecule has 2 aromatic heterocycles. The molecule has 196 valence electrons. The van der Waals surface area contributed by atoms with E-state index in [-0.39, 0.29) is 30.3 Å². The van der Waals surface area contributed by atoms with Crippen molar-refractivity contribution in [3.63, 3.8) is 0 Å². The van der Waals surface area contributed by atoms with E-state index in [1.54, 1.807) is 29.2 Å². The first-order valence-corrected chi connectivity index (χ1v) is 13.1. The lowest BCUT2D eigenvalue weighted by Gasteiger charge is -2.37. The molecule has 3 aliphatic rings. The molecule has 3 amide bonds. The molecule has 0 unspecified atom stereocenters. The van der Waals surface area contributed by atoms with Gasteiger partial charge in [-0.25, -0.2) is 4.68 Å². The predicted octanol–water partition coefficient (Wildman–Crippen LogP) is 1.96. The standard InChI is InChI=1S/C28H31N7O3/c1-19-14-25(35(31-19)22-7-3-2-4-8-22)28(38)34-23-15-20(23)16-24(34)27(37)33-12-10-32(11-13-33)18-26(36)30-21-6-5-9-29-17-21/h2-9,14,17,20,23-24H,10-13,15-16,18H2,1H3,(H,30,36)/t20-,23+,24+/m1/s1. The molecule has 10 nitrogen and oxygen atoms in total. The van der Waals surface area contributed by atoms with Crippen LogP contribution in [0.1, 0.15) is 29.0 Å². The molecule has 4 heterocycles. The van der Waals surface area contributed by atoms with E-state index in [4.69, 9.17) is 0 Å². The lowest BCUT2D eigenvalue weighted by atomic mass is 10.1. The average molecular weight is 514 g/mol. The smallest absolute Gasteiger partial charge is 0.273 e. The molecular weight excluding hydrogens is 482 g/mol. The van der Waals surface area contributed by atoms with Crippen LogP contribution in [0.3, 0.4) is 0 Å². The fourth-order valence-electron chi connectivity index (χ4n) is 5.70. The number of carbonyl (C=O) groups is 3. The molecule has 10 heteroatoms. The van der Waals surface area contributed by atoms with E-state index in [1.807, 2.05) is 58.0 Å². The van der Waals surface area contributed by atoms with Gasteiger partial charge < -0.3 is 15.1 Å². The Hall–Kier alpha value is -4.05. The van der Waals surface area contributed by atoms with E-state index in [0.717, 1.165) is 17.8 Å². The summed E-state index contributed by atoms with van der Waals surface area (Å²) >= 11 is 0. The first kappa shape index (κ1) is 24.3. The Morgan fingerprint density at radius 2 is 1.79 bits per heavy atom.